The second-order valence-electron chi connectivity index (χ2n) is 6.19. The van der Waals surface area contributed by atoms with E-state index < -0.39 is 10.0 Å². The van der Waals surface area contributed by atoms with E-state index in [0.717, 1.165) is 10.4 Å². The van der Waals surface area contributed by atoms with Crippen molar-refractivity contribution in [2.24, 2.45) is 0 Å². The van der Waals surface area contributed by atoms with Gasteiger partial charge in [-0.15, -0.1) is 11.3 Å². The first-order valence-corrected chi connectivity index (χ1v) is 10.4. The van der Waals surface area contributed by atoms with Crippen molar-refractivity contribution in [2.45, 2.75) is 38.6 Å². The SMILES string of the molecule is Cc1ccc(S(=O)(=O)NCCC(=O)N(C)Cc2sccc2C)c(C)c1. The number of hydrogen-bond donors (Lipinski definition) is 1. The average Bonchev–Trinajstić information content (AvgIpc) is 2.91. The maximum Gasteiger partial charge on any atom is 0.240 e. The number of carbonyl (C=O) groups is 1. The molecule has 0 bridgehead atoms. The monoisotopic (exact) mass is 380 g/mol. The van der Waals surface area contributed by atoms with Crippen LogP contribution in [-0.2, 0) is 21.4 Å². The highest BCUT2D eigenvalue weighted by molar-refractivity contribution is 7.89. The van der Waals surface area contributed by atoms with Crippen LogP contribution in [0, 0.1) is 20.8 Å². The highest BCUT2D eigenvalue weighted by Crippen LogP contribution is 2.18. The van der Waals surface area contributed by atoms with Gasteiger partial charge in [-0.3, -0.25) is 4.79 Å². The van der Waals surface area contributed by atoms with Crippen molar-refractivity contribution in [3.63, 3.8) is 0 Å². The van der Waals surface area contributed by atoms with Gasteiger partial charge in [0.15, 0.2) is 0 Å². The Morgan fingerprint density at radius 3 is 2.48 bits per heavy atom. The van der Waals surface area contributed by atoms with E-state index in [9.17, 15) is 13.2 Å². The highest BCUT2D eigenvalue weighted by Gasteiger charge is 2.18. The lowest BCUT2D eigenvalue weighted by molar-refractivity contribution is -0.130. The lowest BCUT2D eigenvalue weighted by Crippen LogP contribution is -2.32. The standard InChI is InChI=1S/C18H24N2O3S2/c1-13-5-6-17(15(3)11-13)25(22,23)19-9-7-18(21)20(4)12-16-14(2)8-10-24-16/h5-6,8,10-11,19H,7,9,12H2,1-4H3. The first-order chi connectivity index (χ1) is 11.7. The summed E-state index contributed by atoms with van der Waals surface area (Å²) in [7, 11) is -1.87. The Balaban J connectivity index is 1.90. The summed E-state index contributed by atoms with van der Waals surface area (Å²) in [6.07, 6.45) is 0.130. The molecule has 1 heterocycles. The van der Waals surface area contributed by atoms with Crippen molar-refractivity contribution >= 4 is 27.3 Å². The summed E-state index contributed by atoms with van der Waals surface area (Å²) in [5.74, 6) is -0.0869. The fourth-order valence-corrected chi connectivity index (χ4v) is 4.75. The predicted molar refractivity (Wildman–Crippen MR) is 101 cm³/mol. The van der Waals surface area contributed by atoms with Gasteiger partial charge in [0, 0.05) is 24.9 Å². The van der Waals surface area contributed by atoms with Gasteiger partial charge in [0.2, 0.25) is 15.9 Å². The maximum absolute atomic E-state index is 12.4. The van der Waals surface area contributed by atoms with Crippen LogP contribution in [0.1, 0.15) is 28.0 Å². The molecule has 0 spiro atoms. The molecule has 0 aliphatic rings. The third kappa shape index (κ3) is 5.14. The van der Waals surface area contributed by atoms with Crippen LogP contribution in [0.25, 0.3) is 0 Å². The topological polar surface area (TPSA) is 66.5 Å². The summed E-state index contributed by atoms with van der Waals surface area (Å²) < 4.78 is 27.3. The summed E-state index contributed by atoms with van der Waals surface area (Å²) in [5.41, 5.74) is 2.88. The Labute approximate surface area is 153 Å². The molecular formula is C18H24N2O3S2. The fraction of sp³-hybridized carbons (Fsp3) is 0.389. The summed E-state index contributed by atoms with van der Waals surface area (Å²) in [6.45, 7) is 6.33. The van der Waals surface area contributed by atoms with E-state index in [1.165, 1.54) is 5.56 Å². The van der Waals surface area contributed by atoms with Crippen LogP contribution in [-0.4, -0.2) is 32.8 Å². The smallest absolute Gasteiger partial charge is 0.240 e. The molecule has 0 fully saturated rings. The van der Waals surface area contributed by atoms with Crippen LogP contribution < -0.4 is 4.72 Å². The minimum Gasteiger partial charge on any atom is -0.341 e. The van der Waals surface area contributed by atoms with E-state index in [1.54, 1.807) is 42.3 Å². The van der Waals surface area contributed by atoms with Crippen molar-refractivity contribution in [1.29, 1.82) is 0 Å². The summed E-state index contributed by atoms with van der Waals surface area (Å²) in [4.78, 5) is 15.2. The molecule has 0 saturated carbocycles. The van der Waals surface area contributed by atoms with Gasteiger partial charge in [0.25, 0.3) is 0 Å². The van der Waals surface area contributed by atoms with Crippen LogP contribution in [0.15, 0.2) is 34.5 Å². The number of benzene rings is 1. The van der Waals surface area contributed by atoms with Crippen molar-refractivity contribution in [2.75, 3.05) is 13.6 Å². The zero-order valence-electron chi connectivity index (χ0n) is 15.0. The molecular weight excluding hydrogens is 356 g/mol. The number of hydrogen-bond acceptors (Lipinski definition) is 4. The number of rotatable bonds is 7. The Hall–Kier alpha value is -1.70. The van der Waals surface area contributed by atoms with Crippen LogP contribution in [0.4, 0.5) is 0 Å². The van der Waals surface area contributed by atoms with E-state index in [0.29, 0.717) is 12.1 Å². The third-order valence-corrected chi connectivity index (χ3v) is 6.65. The normalized spacial score (nSPS) is 11.5. The largest absolute Gasteiger partial charge is 0.341 e. The molecule has 0 unspecified atom stereocenters. The molecule has 1 aromatic carbocycles. The van der Waals surface area contributed by atoms with Gasteiger partial charge in [-0.1, -0.05) is 17.7 Å². The van der Waals surface area contributed by atoms with Crippen molar-refractivity contribution in [1.82, 2.24) is 9.62 Å². The first kappa shape index (κ1) is 19.6. The number of amides is 1. The van der Waals surface area contributed by atoms with Crippen molar-refractivity contribution < 1.29 is 13.2 Å². The van der Waals surface area contributed by atoms with E-state index in [1.807, 2.05) is 31.4 Å². The lowest BCUT2D eigenvalue weighted by Gasteiger charge is -2.17. The van der Waals surface area contributed by atoms with Crippen LogP contribution in [0.5, 0.6) is 0 Å². The van der Waals surface area contributed by atoms with Crippen molar-refractivity contribution in [3.05, 3.63) is 51.2 Å². The molecule has 0 atom stereocenters. The van der Waals surface area contributed by atoms with Gasteiger partial charge >= 0.3 is 0 Å². The molecule has 2 rings (SSSR count). The second-order valence-corrected chi connectivity index (χ2v) is 8.93. The average molecular weight is 381 g/mol. The third-order valence-electron chi connectivity index (χ3n) is 4.03. The Kier molecular flexibility index (Phi) is 6.37. The molecule has 1 N–H and O–H groups in total. The summed E-state index contributed by atoms with van der Waals surface area (Å²) >= 11 is 1.62. The van der Waals surface area contributed by atoms with Gasteiger partial charge in [0.05, 0.1) is 11.4 Å². The molecule has 0 aliphatic heterocycles. The number of thiophene rings is 1. The van der Waals surface area contributed by atoms with Gasteiger partial charge in [-0.25, -0.2) is 13.1 Å². The number of nitrogens with one attached hydrogen (secondary N) is 1. The predicted octanol–water partition coefficient (Wildman–Crippen LogP) is 3.00. The van der Waals surface area contributed by atoms with Crippen molar-refractivity contribution in [3.8, 4) is 0 Å². The molecule has 0 radical (unpaired) electrons. The minimum absolute atomic E-state index is 0.0856. The van der Waals surface area contributed by atoms with E-state index in [-0.39, 0.29) is 23.8 Å². The molecule has 25 heavy (non-hydrogen) atoms. The van der Waals surface area contributed by atoms with Crippen LogP contribution >= 0.6 is 11.3 Å². The number of nitrogens with zero attached hydrogens (tertiary/aromatic N) is 1. The summed E-state index contributed by atoms with van der Waals surface area (Å²) in [6, 6.07) is 7.22. The molecule has 1 amide bonds. The summed E-state index contributed by atoms with van der Waals surface area (Å²) in [5, 5.41) is 2.00. The second kappa shape index (κ2) is 8.12. The highest BCUT2D eigenvalue weighted by atomic mass is 32.2. The zero-order valence-corrected chi connectivity index (χ0v) is 16.6. The lowest BCUT2D eigenvalue weighted by atomic mass is 10.2. The Bertz CT molecular complexity index is 857. The molecule has 136 valence electrons. The van der Waals surface area contributed by atoms with Gasteiger partial charge in [0.1, 0.15) is 0 Å². The molecule has 1 aromatic heterocycles. The number of sulfonamides is 1. The van der Waals surface area contributed by atoms with E-state index in [4.69, 9.17) is 0 Å². The molecule has 0 saturated heterocycles. The molecule has 0 aliphatic carbocycles. The Morgan fingerprint density at radius 2 is 1.88 bits per heavy atom. The van der Waals surface area contributed by atoms with Gasteiger partial charge in [-0.05, 0) is 49.4 Å². The van der Waals surface area contributed by atoms with Gasteiger partial charge in [-0.2, -0.15) is 0 Å². The quantitative estimate of drug-likeness (QED) is 0.803. The van der Waals surface area contributed by atoms with E-state index in [2.05, 4.69) is 4.72 Å². The van der Waals surface area contributed by atoms with Crippen LogP contribution in [0.2, 0.25) is 0 Å². The number of aryl methyl sites for hydroxylation is 3. The molecule has 7 heteroatoms. The van der Waals surface area contributed by atoms with Crippen LogP contribution in [0.3, 0.4) is 0 Å². The molecule has 5 nitrogen and oxygen atoms in total. The minimum atomic E-state index is -3.60. The zero-order chi connectivity index (χ0) is 18.6. The fourth-order valence-electron chi connectivity index (χ4n) is 2.53. The van der Waals surface area contributed by atoms with E-state index >= 15 is 0 Å². The molecule has 2 aromatic rings. The first-order valence-electron chi connectivity index (χ1n) is 8.04. The maximum atomic E-state index is 12.4. The van der Waals surface area contributed by atoms with Gasteiger partial charge < -0.3 is 4.90 Å². The Morgan fingerprint density at radius 1 is 1.16 bits per heavy atom. The number of carbonyl (C=O) groups excluding carboxylic acids is 1.